The molecule has 0 bridgehead atoms. The van der Waals surface area contributed by atoms with Gasteiger partial charge in [0, 0.05) is 61.3 Å². The molecule has 2 aliphatic rings. The number of anilines is 1. The molecule has 5 rings (SSSR count). The molecular weight excluding hydrogens is 378 g/mol. The number of carbonyl (C=O) groups excluding carboxylic acids is 1. The van der Waals surface area contributed by atoms with Gasteiger partial charge in [0.05, 0.1) is 11.8 Å². The van der Waals surface area contributed by atoms with Crippen LogP contribution in [0.15, 0.2) is 43.0 Å². The minimum Gasteiger partial charge on any atom is -0.393 e. The van der Waals surface area contributed by atoms with E-state index in [1.165, 1.54) is 0 Å². The number of aromatic nitrogens is 3. The fourth-order valence-electron chi connectivity index (χ4n) is 3.89. The molecule has 0 atom stereocenters. The Morgan fingerprint density at radius 3 is 2.60 bits per heavy atom. The number of nitrogens with one attached hydrogen (secondary N) is 1. The summed E-state index contributed by atoms with van der Waals surface area (Å²) >= 11 is 0. The molecule has 1 aliphatic carbocycles. The number of fused-ring (bicyclic) bond motifs is 1. The summed E-state index contributed by atoms with van der Waals surface area (Å²) < 4.78 is 0. The molecule has 0 radical (unpaired) electrons. The van der Waals surface area contributed by atoms with Crippen molar-refractivity contribution >= 4 is 22.5 Å². The van der Waals surface area contributed by atoms with E-state index < -0.39 is 0 Å². The minimum absolute atomic E-state index is 0.0539. The molecule has 4 heterocycles. The molecule has 1 aliphatic heterocycles. The van der Waals surface area contributed by atoms with Crippen LogP contribution in [0.3, 0.4) is 0 Å². The first-order valence-electron chi connectivity index (χ1n) is 10.6. The lowest BCUT2D eigenvalue weighted by Gasteiger charge is -2.29. The molecule has 1 saturated carbocycles. The number of amides is 1. The molecule has 0 aromatic carbocycles. The van der Waals surface area contributed by atoms with Gasteiger partial charge in [-0.1, -0.05) is 0 Å². The minimum atomic E-state index is -0.166. The summed E-state index contributed by atoms with van der Waals surface area (Å²) in [7, 11) is 0. The number of hydrogen-bond donors (Lipinski definition) is 2. The highest BCUT2D eigenvalue weighted by Crippen LogP contribution is 2.30. The number of hydrogen-bond acceptors (Lipinski definition) is 6. The second kappa shape index (κ2) is 8.08. The summed E-state index contributed by atoms with van der Waals surface area (Å²) in [5.41, 5.74) is 2.95. The third-order valence-corrected chi connectivity index (χ3v) is 5.86. The van der Waals surface area contributed by atoms with Crippen molar-refractivity contribution in [1.29, 1.82) is 0 Å². The van der Waals surface area contributed by atoms with Crippen LogP contribution in [0.2, 0.25) is 0 Å². The van der Waals surface area contributed by atoms with E-state index in [9.17, 15) is 9.90 Å². The first-order chi connectivity index (χ1) is 14.6. The smallest absolute Gasteiger partial charge is 0.228 e. The molecule has 154 valence electrons. The Kier molecular flexibility index (Phi) is 5.14. The third kappa shape index (κ3) is 4.32. The average Bonchev–Trinajstić information content (AvgIpc) is 3.61. The summed E-state index contributed by atoms with van der Waals surface area (Å²) in [6, 6.07) is 6.04. The lowest BCUT2D eigenvalue weighted by molar-refractivity contribution is -0.117. The fourth-order valence-corrected chi connectivity index (χ4v) is 3.89. The van der Waals surface area contributed by atoms with Crippen LogP contribution in [0.4, 0.5) is 5.82 Å². The zero-order valence-electron chi connectivity index (χ0n) is 16.8. The molecule has 1 saturated heterocycles. The molecule has 1 amide bonds. The highest BCUT2D eigenvalue weighted by molar-refractivity contribution is 5.95. The predicted octanol–water partition coefficient (Wildman–Crippen LogP) is 3.00. The molecule has 2 N–H and O–H groups in total. The number of aliphatic hydroxyl groups excluding tert-OH is 1. The van der Waals surface area contributed by atoms with Crippen molar-refractivity contribution in [3.63, 3.8) is 0 Å². The van der Waals surface area contributed by atoms with Crippen molar-refractivity contribution in [3.05, 3.63) is 48.5 Å². The van der Waals surface area contributed by atoms with Crippen LogP contribution >= 0.6 is 0 Å². The van der Waals surface area contributed by atoms with Crippen molar-refractivity contribution < 1.29 is 9.90 Å². The van der Waals surface area contributed by atoms with Crippen molar-refractivity contribution in [2.45, 2.75) is 38.3 Å². The van der Waals surface area contributed by atoms with Gasteiger partial charge in [-0.2, -0.15) is 0 Å². The van der Waals surface area contributed by atoms with Crippen LogP contribution in [0, 0.1) is 5.92 Å². The SMILES string of the molecule is O=C(Nc1cc2cc(-c3cncc(CN4CCC(O)CC4)c3)ncc2cn1)C1CC1. The van der Waals surface area contributed by atoms with Crippen LogP contribution in [0.1, 0.15) is 31.2 Å². The number of piperidine rings is 1. The summed E-state index contributed by atoms with van der Waals surface area (Å²) in [4.78, 5) is 27.7. The Bertz CT molecular complexity index is 1070. The Morgan fingerprint density at radius 2 is 1.80 bits per heavy atom. The lowest BCUT2D eigenvalue weighted by atomic mass is 10.1. The molecule has 2 fully saturated rings. The Hall–Kier alpha value is -2.90. The van der Waals surface area contributed by atoms with Gasteiger partial charge in [-0.25, -0.2) is 4.98 Å². The summed E-state index contributed by atoms with van der Waals surface area (Å²) in [5, 5.41) is 14.5. The predicted molar refractivity (Wildman–Crippen MR) is 115 cm³/mol. The Labute approximate surface area is 175 Å². The molecule has 30 heavy (non-hydrogen) atoms. The van der Waals surface area contributed by atoms with E-state index in [-0.39, 0.29) is 17.9 Å². The van der Waals surface area contributed by atoms with Crippen LogP contribution < -0.4 is 5.32 Å². The van der Waals surface area contributed by atoms with Crippen molar-refractivity contribution in [3.8, 4) is 11.3 Å². The van der Waals surface area contributed by atoms with E-state index in [1.807, 2.05) is 30.7 Å². The highest BCUT2D eigenvalue weighted by atomic mass is 16.3. The van der Waals surface area contributed by atoms with Crippen molar-refractivity contribution in [1.82, 2.24) is 19.9 Å². The van der Waals surface area contributed by atoms with Gasteiger partial charge < -0.3 is 10.4 Å². The maximum atomic E-state index is 12.0. The molecule has 0 spiro atoms. The number of rotatable bonds is 5. The van der Waals surface area contributed by atoms with Crippen LogP contribution in [0.25, 0.3) is 22.0 Å². The summed E-state index contributed by atoms with van der Waals surface area (Å²) in [5.74, 6) is 0.779. The van der Waals surface area contributed by atoms with Gasteiger partial charge in [-0.05, 0) is 54.8 Å². The van der Waals surface area contributed by atoms with Gasteiger partial charge in [0.1, 0.15) is 5.82 Å². The van der Waals surface area contributed by atoms with Crippen LogP contribution in [-0.2, 0) is 11.3 Å². The average molecular weight is 403 g/mol. The second-order valence-electron chi connectivity index (χ2n) is 8.34. The van der Waals surface area contributed by atoms with E-state index >= 15 is 0 Å². The summed E-state index contributed by atoms with van der Waals surface area (Å²) in [6.45, 7) is 2.63. The van der Waals surface area contributed by atoms with E-state index in [1.54, 1.807) is 6.20 Å². The third-order valence-electron chi connectivity index (χ3n) is 5.86. The van der Waals surface area contributed by atoms with Gasteiger partial charge in [0.15, 0.2) is 0 Å². The van der Waals surface area contributed by atoms with Crippen molar-refractivity contribution in [2.75, 3.05) is 18.4 Å². The monoisotopic (exact) mass is 403 g/mol. The molecule has 3 aromatic heterocycles. The molecule has 3 aromatic rings. The Balaban J connectivity index is 1.36. The normalized spacial score (nSPS) is 17.9. The number of carbonyl (C=O) groups is 1. The van der Waals surface area contributed by atoms with E-state index in [0.717, 1.165) is 72.9 Å². The Morgan fingerprint density at radius 1 is 1.00 bits per heavy atom. The quantitative estimate of drug-likeness (QED) is 0.681. The fraction of sp³-hybridized carbons (Fsp3) is 0.391. The topological polar surface area (TPSA) is 91.2 Å². The molecule has 0 unspecified atom stereocenters. The first-order valence-corrected chi connectivity index (χ1v) is 10.6. The number of pyridine rings is 3. The van der Waals surface area contributed by atoms with Gasteiger partial charge >= 0.3 is 0 Å². The number of likely N-dealkylation sites (tertiary alicyclic amines) is 1. The van der Waals surface area contributed by atoms with E-state index in [4.69, 9.17) is 0 Å². The van der Waals surface area contributed by atoms with Gasteiger partial charge in [0.25, 0.3) is 0 Å². The zero-order chi connectivity index (χ0) is 20.5. The number of aliphatic hydroxyl groups is 1. The molecule has 7 heteroatoms. The molecular formula is C23H25N5O2. The second-order valence-corrected chi connectivity index (χ2v) is 8.34. The number of nitrogens with zero attached hydrogens (tertiary/aromatic N) is 4. The van der Waals surface area contributed by atoms with Crippen LogP contribution in [-0.4, -0.2) is 50.1 Å². The molecule has 7 nitrogen and oxygen atoms in total. The summed E-state index contributed by atoms with van der Waals surface area (Å²) in [6.07, 6.45) is 10.7. The maximum Gasteiger partial charge on any atom is 0.228 e. The standard InChI is InChI=1S/C23H25N5O2/c29-20-3-5-28(6-4-20)14-15-7-18(11-24-10-15)21-8-17-9-22(26-13-19(17)12-25-21)27-23(30)16-1-2-16/h7-13,16,20,29H,1-6,14H2,(H,26,27,30). The van der Waals surface area contributed by atoms with Gasteiger partial charge in [0.2, 0.25) is 5.91 Å². The van der Waals surface area contributed by atoms with E-state index in [0.29, 0.717) is 5.82 Å². The zero-order valence-corrected chi connectivity index (χ0v) is 16.8. The lowest BCUT2D eigenvalue weighted by Crippen LogP contribution is -2.35. The van der Waals surface area contributed by atoms with E-state index in [2.05, 4.69) is 31.2 Å². The highest BCUT2D eigenvalue weighted by Gasteiger charge is 2.29. The maximum absolute atomic E-state index is 12.0. The van der Waals surface area contributed by atoms with Crippen molar-refractivity contribution in [2.24, 2.45) is 5.92 Å². The first kappa shape index (κ1) is 19.1. The largest absolute Gasteiger partial charge is 0.393 e. The van der Waals surface area contributed by atoms with Crippen LogP contribution in [0.5, 0.6) is 0 Å². The van der Waals surface area contributed by atoms with Gasteiger partial charge in [-0.15, -0.1) is 0 Å². The van der Waals surface area contributed by atoms with Gasteiger partial charge in [-0.3, -0.25) is 19.7 Å².